The Morgan fingerprint density at radius 3 is 2.35 bits per heavy atom. The fourth-order valence-corrected chi connectivity index (χ4v) is 2.53. The lowest BCUT2D eigenvalue weighted by atomic mass is 9.85. The van der Waals surface area contributed by atoms with Gasteiger partial charge in [-0.05, 0) is 44.9 Å². The Morgan fingerprint density at radius 2 is 1.87 bits per heavy atom. The third-order valence-corrected chi connectivity index (χ3v) is 4.09. The molecule has 0 aliphatic rings. The summed E-state index contributed by atoms with van der Waals surface area (Å²) < 4.78 is 26.5. The van der Waals surface area contributed by atoms with Crippen molar-refractivity contribution >= 4 is 36.4 Å². The number of Topliss-reactive ketones (excluding diaryl/α,β-unsaturated/α-hetero) is 1. The third kappa shape index (κ3) is 10.1. The molecule has 0 atom stereocenters. The maximum absolute atomic E-state index is 12.4. The van der Waals surface area contributed by atoms with Gasteiger partial charge in [0.25, 0.3) is 0 Å². The molecule has 0 amide bonds. The fraction of sp³-hybridized carbons (Fsp3) is 0.450. The highest BCUT2D eigenvalue weighted by atomic mass is 31.1. The number of aromatic nitrogens is 1. The van der Waals surface area contributed by atoms with E-state index in [0.717, 1.165) is 16.6 Å². The summed E-state index contributed by atoms with van der Waals surface area (Å²) in [5.41, 5.74) is 7.94. The molecule has 0 unspecified atom stereocenters. The third-order valence-electron chi connectivity index (χ3n) is 3.96. The smallest absolute Gasteiger partial charge is 0.492 e. The van der Waals surface area contributed by atoms with Crippen LogP contribution in [0.1, 0.15) is 41.2 Å². The van der Waals surface area contributed by atoms with Gasteiger partial charge >= 0.3 is 14.1 Å². The number of hydrogen-bond donors (Lipinski definition) is 2. The number of carbonyl (C=O) groups excluding carboxylic acids is 3. The van der Waals surface area contributed by atoms with E-state index in [1.807, 2.05) is 58.9 Å². The van der Waals surface area contributed by atoms with Gasteiger partial charge in [0.1, 0.15) is 18.1 Å². The van der Waals surface area contributed by atoms with Crippen LogP contribution in [0.2, 0.25) is 0 Å². The first kappa shape index (κ1) is 28.1. The molecule has 31 heavy (non-hydrogen) atoms. The number of pyridine rings is 1. The van der Waals surface area contributed by atoms with Crippen molar-refractivity contribution in [2.24, 2.45) is 11.3 Å². The molecule has 2 aromatic rings. The van der Waals surface area contributed by atoms with Crippen molar-refractivity contribution in [2.75, 3.05) is 12.3 Å². The molecule has 0 bridgehead atoms. The van der Waals surface area contributed by atoms with Crippen LogP contribution < -0.4 is 10.5 Å². The summed E-state index contributed by atoms with van der Waals surface area (Å²) in [5.74, 6) is 1.25. The molecular formula is C20H29N2O8P. The van der Waals surface area contributed by atoms with Crippen LogP contribution in [0, 0.1) is 18.3 Å². The topological polar surface area (TPSA) is 163 Å². The van der Waals surface area contributed by atoms with Gasteiger partial charge < -0.3 is 10.5 Å². The first-order valence-electron chi connectivity index (χ1n) is 9.16. The minimum atomic E-state index is -3.04. The van der Waals surface area contributed by atoms with E-state index in [2.05, 4.69) is 9.66 Å². The Kier molecular flexibility index (Phi) is 12.2. The predicted octanol–water partition coefficient (Wildman–Crippen LogP) is 4.37. The van der Waals surface area contributed by atoms with Gasteiger partial charge in [-0.15, -0.1) is 4.67 Å². The zero-order valence-corrected chi connectivity index (χ0v) is 19.0. The predicted molar refractivity (Wildman–Crippen MR) is 114 cm³/mol. The van der Waals surface area contributed by atoms with E-state index < -0.39 is 13.3 Å². The van der Waals surface area contributed by atoms with Crippen molar-refractivity contribution in [1.82, 2.24) is 4.98 Å². The number of nitrogens with two attached hydrogens (primary N) is 1. The molecule has 0 radical (unpaired) electrons. The van der Waals surface area contributed by atoms with Gasteiger partial charge in [-0.3, -0.25) is 9.78 Å². The molecule has 0 saturated heterocycles. The molecule has 172 valence electrons. The van der Waals surface area contributed by atoms with E-state index in [-0.39, 0.29) is 13.4 Å². The molecule has 1 heterocycles. The number of rotatable bonds is 7. The number of anilines is 1. The first-order chi connectivity index (χ1) is 14.4. The highest BCUT2D eigenvalue weighted by molar-refractivity contribution is 7.24. The second-order valence-corrected chi connectivity index (χ2v) is 8.20. The summed E-state index contributed by atoms with van der Waals surface area (Å²) in [4.78, 5) is 33.1. The van der Waals surface area contributed by atoms with Crippen molar-refractivity contribution in [2.45, 2.75) is 41.0 Å². The first-order valence-corrected chi connectivity index (χ1v) is 10.3. The molecule has 1 aromatic carbocycles. The maximum atomic E-state index is 12.4. The van der Waals surface area contributed by atoms with Crippen LogP contribution in [-0.2, 0) is 28.2 Å². The van der Waals surface area contributed by atoms with Crippen LogP contribution in [0.25, 0.3) is 10.9 Å². The van der Waals surface area contributed by atoms with Gasteiger partial charge in [-0.2, -0.15) is 9.59 Å². The highest BCUT2D eigenvalue weighted by Gasteiger charge is 2.29. The average Bonchev–Trinajstić information content (AvgIpc) is 2.66. The van der Waals surface area contributed by atoms with Crippen molar-refractivity contribution in [3.8, 4) is 5.75 Å². The molecule has 10 nitrogen and oxygen atoms in total. The van der Waals surface area contributed by atoms with Crippen LogP contribution in [0.5, 0.6) is 5.75 Å². The fourth-order valence-electron chi connectivity index (χ4n) is 2.53. The van der Waals surface area contributed by atoms with Crippen molar-refractivity contribution < 1.29 is 39.6 Å². The SMILES string of the molecule is Cc1cc(N)c2c(OCC(C)(C)C(=O)CC(C)C)cccc2n1.O=C=O.O=P(=O)OO.[HH]. The van der Waals surface area contributed by atoms with E-state index in [1.165, 1.54) is 0 Å². The molecule has 3 N–H and O–H groups in total. The normalized spacial score (nSPS) is 10.3. The van der Waals surface area contributed by atoms with Crippen LogP contribution in [0.3, 0.4) is 0 Å². The second kappa shape index (κ2) is 13.4. The lowest BCUT2D eigenvalue weighted by Gasteiger charge is -2.24. The van der Waals surface area contributed by atoms with Gasteiger partial charge in [-0.25, -0.2) is 14.4 Å². The summed E-state index contributed by atoms with van der Waals surface area (Å²) in [6, 6.07) is 7.52. The number of benzene rings is 1. The molecule has 0 aliphatic heterocycles. The quantitative estimate of drug-likeness (QED) is 0.347. The summed E-state index contributed by atoms with van der Waals surface area (Å²) in [6.07, 6.45) is 0.814. The van der Waals surface area contributed by atoms with E-state index in [0.29, 0.717) is 30.4 Å². The number of hydrogen-bond acceptors (Lipinski definition) is 10. The van der Waals surface area contributed by atoms with Gasteiger partial charge in [0, 0.05) is 19.2 Å². The largest absolute Gasteiger partial charge is 0.496 e. The zero-order valence-electron chi connectivity index (χ0n) is 18.1. The molecule has 2 rings (SSSR count). The molecule has 0 fully saturated rings. The molecule has 0 spiro atoms. The molecule has 11 heteroatoms. The number of ketones is 1. The van der Waals surface area contributed by atoms with Crippen molar-refractivity contribution in [1.29, 1.82) is 0 Å². The van der Waals surface area contributed by atoms with E-state index in [4.69, 9.17) is 34.4 Å². The van der Waals surface area contributed by atoms with E-state index >= 15 is 0 Å². The highest BCUT2D eigenvalue weighted by Crippen LogP contribution is 2.32. The standard InChI is InChI=1S/C19H26N2O2.CO2.HO4P.H2/c1-12(2)9-17(22)19(4,5)11-23-16-8-6-7-15-18(16)14(20)10-13(3)21-15;2-1-3;1-4-5(2)3;/h6-8,10,12H,9,11H2,1-5H3,(H2,20,21);;1H;1H. The van der Waals surface area contributed by atoms with Crippen LogP contribution in [0.4, 0.5) is 5.69 Å². The number of nitrogen functional groups attached to an aromatic ring is 1. The lowest BCUT2D eigenvalue weighted by Crippen LogP contribution is -2.32. The lowest BCUT2D eigenvalue weighted by molar-refractivity contribution is -0.191. The Balaban J connectivity index is 0. The summed E-state index contributed by atoms with van der Waals surface area (Å²) >= 11 is 0. The summed E-state index contributed by atoms with van der Waals surface area (Å²) in [6.45, 7) is 10.2. The summed E-state index contributed by atoms with van der Waals surface area (Å²) in [5, 5.41) is 7.86. The minimum Gasteiger partial charge on any atom is -0.492 e. The minimum absolute atomic E-state index is 0. The Bertz CT molecular complexity index is 979. The van der Waals surface area contributed by atoms with Crippen molar-refractivity contribution in [3.63, 3.8) is 0 Å². The monoisotopic (exact) mass is 456 g/mol. The maximum Gasteiger partial charge on any atom is 0.496 e. The number of fused-ring (bicyclic) bond motifs is 1. The zero-order chi connectivity index (χ0) is 24.2. The van der Waals surface area contributed by atoms with Crippen LogP contribution >= 0.6 is 7.91 Å². The number of aryl methyl sites for hydroxylation is 1. The molecule has 1 aromatic heterocycles. The van der Waals surface area contributed by atoms with E-state index in [9.17, 15) is 4.79 Å². The summed E-state index contributed by atoms with van der Waals surface area (Å²) in [7, 11) is -3.04. The van der Waals surface area contributed by atoms with Crippen molar-refractivity contribution in [3.05, 3.63) is 30.0 Å². The Morgan fingerprint density at radius 1 is 1.32 bits per heavy atom. The van der Waals surface area contributed by atoms with Gasteiger partial charge in [0.15, 0.2) is 0 Å². The molecule has 0 aliphatic carbocycles. The van der Waals surface area contributed by atoms with Gasteiger partial charge in [0.05, 0.1) is 16.3 Å². The Labute approximate surface area is 182 Å². The number of carbonyl (C=O) groups is 1. The van der Waals surface area contributed by atoms with Crippen LogP contribution in [-0.4, -0.2) is 28.8 Å². The van der Waals surface area contributed by atoms with Crippen LogP contribution in [0.15, 0.2) is 24.3 Å². The second-order valence-electron chi connectivity index (χ2n) is 7.59. The van der Waals surface area contributed by atoms with Gasteiger partial charge in [-0.1, -0.05) is 19.9 Å². The van der Waals surface area contributed by atoms with Gasteiger partial charge in [0.2, 0.25) is 0 Å². The average molecular weight is 456 g/mol. The number of nitrogens with zero attached hydrogens (tertiary/aromatic N) is 1. The molecule has 0 saturated carbocycles. The molecular weight excluding hydrogens is 427 g/mol. The Hall–Kier alpha value is -2.90. The number of ether oxygens (including phenoxy) is 1. The van der Waals surface area contributed by atoms with E-state index in [1.54, 1.807) is 0 Å².